The predicted octanol–water partition coefficient (Wildman–Crippen LogP) is 3.39. The number of para-hydroxylation sites is 1. The van der Waals surface area contributed by atoms with Crippen molar-refractivity contribution in [2.45, 2.75) is 39.8 Å². The molecule has 1 unspecified atom stereocenters. The van der Waals surface area contributed by atoms with Gasteiger partial charge < -0.3 is 10.1 Å². The van der Waals surface area contributed by atoms with E-state index in [-0.39, 0.29) is 6.10 Å². The number of rotatable bonds is 5. The van der Waals surface area contributed by atoms with Crippen LogP contribution in [0.25, 0.3) is 0 Å². The number of hydrogen-bond acceptors (Lipinski definition) is 2. The molecular weight excluding hydrogens is 198 g/mol. The Morgan fingerprint density at radius 3 is 2.19 bits per heavy atom. The van der Waals surface area contributed by atoms with Crippen LogP contribution in [0, 0.1) is 5.92 Å². The standard InChI is InChI=1S/C14H23NO/c1-10(2)14(15-5)12-8-6-7-9-13(12)16-11(3)4/h6-11,14-15H,1-5H3. The molecule has 90 valence electrons. The molecule has 0 spiro atoms. The molecule has 1 aromatic rings. The van der Waals surface area contributed by atoms with E-state index in [2.05, 4.69) is 45.1 Å². The van der Waals surface area contributed by atoms with Crippen LogP contribution in [-0.4, -0.2) is 13.2 Å². The minimum absolute atomic E-state index is 0.214. The topological polar surface area (TPSA) is 21.3 Å². The van der Waals surface area contributed by atoms with Crippen LogP contribution in [0.4, 0.5) is 0 Å². The highest BCUT2D eigenvalue weighted by atomic mass is 16.5. The van der Waals surface area contributed by atoms with Gasteiger partial charge in [0, 0.05) is 11.6 Å². The van der Waals surface area contributed by atoms with Gasteiger partial charge in [0.2, 0.25) is 0 Å². The summed E-state index contributed by atoms with van der Waals surface area (Å²) < 4.78 is 5.84. The second kappa shape index (κ2) is 5.90. The van der Waals surface area contributed by atoms with Crippen molar-refractivity contribution < 1.29 is 4.74 Å². The lowest BCUT2D eigenvalue weighted by atomic mass is 9.95. The van der Waals surface area contributed by atoms with Crippen LogP contribution >= 0.6 is 0 Å². The van der Waals surface area contributed by atoms with Crippen LogP contribution < -0.4 is 10.1 Å². The van der Waals surface area contributed by atoms with E-state index in [0.29, 0.717) is 12.0 Å². The van der Waals surface area contributed by atoms with Crippen molar-refractivity contribution in [1.82, 2.24) is 5.32 Å². The molecule has 0 fully saturated rings. The molecule has 1 atom stereocenters. The molecule has 0 saturated heterocycles. The first-order valence-corrected chi connectivity index (χ1v) is 5.99. The Kier molecular flexibility index (Phi) is 4.81. The summed E-state index contributed by atoms with van der Waals surface area (Å²) in [4.78, 5) is 0. The Labute approximate surface area is 99.0 Å². The Morgan fingerprint density at radius 2 is 1.69 bits per heavy atom. The number of benzene rings is 1. The normalized spacial score (nSPS) is 13.2. The van der Waals surface area contributed by atoms with Crippen LogP contribution in [-0.2, 0) is 0 Å². The molecule has 0 heterocycles. The van der Waals surface area contributed by atoms with Crippen molar-refractivity contribution >= 4 is 0 Å². The van der Waals surface area contributed by atoms with Gasteiger partial charge in [-0.15, -0.1) is 0 Å². The van der Waals surface area contributed by atoms with Crippen LogP contribution in [0.1, 0.15) is 39.3 Å². The van der Waals surface area contributed by atoms with Crippen LogP contribution in [0.2, 0.25) is 0 Å². The minimum Gasteiger partial charge on any atom is -0.491 e. The highest BCUT2D eigenvalue weighted by molar-refractivity contribution is 5.36. The van der Waals surface area contributed by atoms with Crippen molar-refractivity contribution in [3.05, 3.63) is 29.8 Å². The third kappa shape index (κ3) is 3.24. The van der Waals surface area contributed by atoms with Gasteiger partial charge in [-0.05, 0) is 32.9 Å². The fourth-order valence-electron chi connectivity index (χ4n) is 1.95. The molecule has 16 heavy (non-hydrogen) atoms. The van der Waals surface area contributed by atoms with Gasteiger partial charge in [-0.2, -0.15) is 0 Å². The molecule has 1 aromatic carbocycles. The molecule has 0 aliphatic rings. The maximum absolute atomic E-state index is 5.84. The van der Waals surface area contributed by atoms with Crippen molar-refractivity contribution in [3.8, 4) is 5.75 Å². The first kappa shape index (κ1) is 13.0. The number of nitrogens with one attached hydrogen (secondary N) is 1. The summed E-state index contributed by atoms with van der Waals surface area (Å²) in [7, 11) is 2.00. The first-order valence-electron chi connectivity index (χ1n) is 5.99. The average Bonchev–Trinajstić information content (AvgIpc) is 2.20. The third-order valence-electron chi connectivity index (χ3n) is 2.59. The Bertz CT molecular complexity index is 320. The summed E-state index contributed by atoms with van der Waals surface area (Å²) in [5, 5.41) is 3.35. The summed E-state index contributed by atoms with van der Waals surface area (Å²) >= 11 is 0. The lowest BCUT2D eigenvalue weighted by Crippen LogP contribution is -2.23. The lowest BCUT2D eigenvalue weighted by molar-refractivity contribution is 0.235. The van der Waals surface area contributed by atoms with E-state index in [1.165, 1.54) is 5.56 Å². The highest BCUT2D eigenvalue weighted by Crippen LogP contribution is 2.30. The molecule has 0 amide bonds. The summed E-state index contributed by atoms with van der Waals surface area (Å²) in [6.07, 6.45) is 0.214. The molecule has 1 rings (SSSR count). The van der Waals surface area contributed by atoms with E-state index in [4.69, 9.17) is 4.74 Å². The van der Waals surface area contributed by atoms with E-state index >= 15 is 0 Å². The first-order chi connectivity index (χ1) is 7.56. The maximum atomic E-state index is 5.84. The quantitative estimate of drug-likeness (QED) is 0.823. The fraction of sp³-hybridized carbons (Fsp3) is 0.571. The second-order valence-corrected chi connectivity index (χ2v) is 4.71. The summed E-state index contributed by atoms with van der Waals surface area (Å²) in [6.45, 7) is 8.54. The zero-order valence-corrected chi connectivity index (χ0v) is 10.9. The fourth-order valence-corrected chi connectivity index (χ4v) is 1.95. The predicted molar refractivity (Wildman–Crippen MR) is 68.8 cm³/mol. The third-order valence-corrected chi connectivity index (χ3v) is 2.59. The van der Waals surface area contributed by atoms with Gasteiger partial charge in [-0.1, -0.05) is 32.0 Å². The summed E-state index contributed by atoms with van der Waals surface area (Å²) in [5.41, 5.74) is 1.24. The van der Waals surface area contributed by atoms with Gasteiger partial charge >= 0.3 is 0 Å². The highest BCUT2D eigenvalue weighted by Gasteiger charge is 2.17. The van der Waals surface area contributed by atoms with Gasteiger partial charge in [0.1, 0.15) is 5.75 Å². The lowest BCUT2D eigenvalue weighted by Gasteiger charge is -2.24. The van der Waals surface area contributed by atoms with Gasteiger partial charge in [0.05, 0.1) is 6.10 Å². The Balaban J connectivity index is 3.01. The second-order valence-electron chi connectivity index (χ2n) is 4.71. The van der Waals surface area contributed by atoms with Gasteiger partial charge in [-0.3, -0.25) is 0 Å². The molecule has 0 aliphatic heterocycles. The van der Waals surface area contributed by atoms with Gasteiger partial charge in [0.15, 0.2) is 0 Å². The maximum Gasteiger partial charge on any atom is 0.124 e. The Hall–Kier alpha value is -1.02. The van der Waals surface area contributed by atoms with Crippen molar-refractivity contribution in [3.63, 3.8) is 0 Å². The largest absolute Gasteiger partial charge is 0.491 e. The van der Waals surface area contributed by atoms with Crippen molar-refractivity contribution in [2.75, 3.05) is 7.05 Å². The molecule has 0 saturated carbocycles. The van der Waals surface area contributed by atoms with Gasteiger partial charge in [0.25, 0.3) is 0 Å². The molecule has 1 N–H and O–H groups in total. The minimum atomic E-state index is 0.214. The zero-order valence-electron chi connectivity index (χ0n) is 10.9. The van der Waals surface area contributed by atoms with Crippen molar-refractivity contribution in [2.24, 2.45) is 5.92 Å². The molecule has 0 aliphatic carbocycles. The van der Waals surface area contributed by atoms with Crippen LogP contribution in [0.5, 0.6) is 5.75 Å². The van der Waals surface area contributed by atoms with E-state index in [9.17, 15) is 0 Å². The van der Waals surface area contributed by atoms with Crippen LogP contribution in [0.3, 0.4) is 0 Å². The SMILES string of the molecule is CNC(c1ccccc1OC(C)C)C(C)C. The molecule has 0 radical (unpaired) electrons. The summed E-state index contributed by atoms with van der Waals surface area (Å²) in [5.74, 6) is 1.53. The monoisotopic (exact) mass is 221 g/mol. The van der Waals surface area contributed by atoms with E-state index < -0.39 is 0 Å². The average molecular weight is 221 g/mol. The number of hydrogen-bond donors (Lipinski definition) is 1. The van der Waals surface area contributed by atoms with E-state index in [1.54, 1.807) is 0 Å². The van der Waals surface area contributed by atoms with E-state index in [0.717, 1.165) is 5.75 Å². The van der Waals surface area contributed by atoms with Gasteiger partial charge in [-0.25, -0.2) is 0 Å². The van der Waals surface area contributed by atoms with Crippen LogP contribution in [0.15, 0.2) is 24.3 Å². The smallest absolute Gasteiger partial charge is 0.124 e. The molecule has 0 aromatic heterocycles. The Morgan fingerprint density at radius 1 is 1.06 bits per heavy atom. The zero-order chi connectivity index (χ0) is 12.1. The van der Waals surface area contributed by atoms with Crippen molar-refractivity contribution in [1.29, 1.82) is 0 Å². The van der Waals surface area contributed by atoms with E-state index in [1.807, 2.05) is 19.2 Å². The summed E-state index contributed by atoms with van der Waals surface area (Å²) in [6, 6.07) is 8.61. The molecular formula is C14H23NO. The molecule has 2 nitrogen and oxygen atoms in total. The molecule has 2 heteroatoms. The molecule has 0 bridgehead atoms. The number of ether oxygens (including phenoxy) is 1.